The molecule has 0 spiro atoms. The van der Waals surface area contributed by atoms with Gasteiger partial charge >= 0.3 is 0 Å². The molecule has 2 N–H and O–H groups in total. The van der Waals surface area contributed by atoms with Crippen LogP contribution in [-0.4, -0.2) is 97.9 Å². The maximum Gasteiger partial charge on any atom is 0.205 e. The lowest BCUT2D eigenvalue weighted by molar-refractivity contribution is 0.224. The van der Waals surface area contributed by atoms with E-state index in [0.717, 1.165) is 61.2 Å². The summed E-state index contributed by atoms with van der Waals surface area (Å²) in [7, 11) is 0.707. The van der Waals surface area contributed by atoms with E-state index in [1.807, 2.05) is 57.2 Å². The van der Waals surface area contributed by atoms with Crippen molar-refractivity contribution in [3.05, 3.63) is 71.9 Å². The maximum absolute atomic E-state index is 13.1. The minimum Gasteiger partial charge on any atom is -0.484 e. The molecular weight excluding hydrogens is 609 g/mol. The van der Waals surface area contributed by atoms with Gasteiger partial charge in [0.25, 0.3) is 0 Å². The Morgan fingerprint density at radius 2 is 1.73 bits per heavy atom. The zero-order valence-corrected chi connectivity index (χ0v) is 28.2. The molecule has 45 heavy (non-hydrogen) atoms. The number of nitrogens with one attached hydrogen (secondary N) is 2. The predicted octanol–water partition coefficient (Wildman–Crippen LogP) is 4.85. The summed E-state index contributed by atoms with van der Waals surface area (Å²) in [6.07, 6.45) is -0.0981. The average Bonchev–Trinajstić information content (AvgIpc) is 3.42. The van der Waals surface area contributed by atoms with Crippen LogP contribution in [0.4, 0.5) is 17.5 Å². The number of aryl methyl sites for hydroxylation is 1. The second kappa shape index (κ2) is 14.6. The summed E-state index contributed by atoms with van der Waals surface area (Å²) < 4.78 is 32.5. The molecule has 1 saturated heterocycles. The molecule has 2 aromatic heterocycles. The molecule has 0 bridgehead atoms. The highest BCUT2D eigenvalue weighted by Gasteiger charge is 2.26. The normalized spacial score (nSPS) is 14.3. The van der Waals surface area contributed by atoms with Crippen LogP contribution in [0.2, 0.25) is 0 Å². The summed E-state index contributed by atoms with van der Waals surface area (Å²) in [5.41, 5.74) is 1.68. The van der Waals surface area contributed by atoms with E-state index in [-0.39, 0.29) is 16.8 Å². The number of rotatable bonds is 13. The first-order chi connectivity index (χ1) is 21.6. The summed E-state index contributed by atoms with van der Waals surface area (Å²) in [5, 5.41) is 11.2. The Morgan fingerprint density at radius 3 is 2.36 bits per heavy atom. The first-order valence-corrected chi connectivity index (χ1v) is 17.6. The molecule has 0 saturated carbocycles. The van der Waals surface area contributed by atoms with Gasteiger partial charge in [-0.3, -0.25) is 10.00 Å². The maximum atomic E-state index is 13.1. The van der Waals surface area contributed by atoms with E-state index in [1.54, 1.807) is 24.3 Å². The monoisotopic (exact) mass is 650 g/mol. The summed E-state index contributed by atoms with van der Waals surface area (Å²) in [6, 6.07) is 18.0. The summed E-state index contributed by atoms with van der Waals surface area (Å²) >= 11 is 1.38. The van der Waals surface area contributed by atoms with Gasteiger partial charge in [0.1, 0.15) is 0 Å². The number of benzene rings is 2. The summed E-state index contributed by atoms with van der Waals surface area (Å²) in [4.78, 5) is 17.9. The van der Waals surface area contributed by atoms with Crippen LogP contribution < -0.4 is 15.0 Å². The molecule has 1 aliphatic heterocycles. The Bertz CT molecular complexity index is 1650. The number of piperazine rings is 1. The van der Waals surface area contributed by atoms with Gasteiger partial charge in [-0.2, -0.15) is 5.10 Å². The van der Waals surface area contributed by atoms with Crippen LogP contribution in [-0.2, 0) is 15.6 Å². The van der Waals surface area contributed by atoms with Gasteiger partial charge in [-0.05, 0) is 76.5 Å². The first-order valence-electron chi connectivity index (χ1n) is 15.1. The Kier molecular flexibility index (Phi) is 10.6. The Labute approximate surface area is 270 Å². The Balaban J connectivity index is 1.43. The molecule has 0 atom stereocenters. The van der Waals surface area contributed by atoms with E-state index in [9.17, 15) is 8.42 Å². The average molecular weight is 651 g/mol. The second-order valence-corrected chi connectivity index (χ2v) is 14.7. The largest absolute Gasteiger partial charge is 0.484 e. The van der Waals surface area contributed by atoms with Crippen LogP contribution in [0.1, 0.15) is 25.1 Å². The van der Waals surface area contributed by atoms with Crippen LogP contribution in [0.5, 0.6) is 5.75 Å². The lowest BCUT2D eigenvalue weighted by Gasteiger charge is -2.36. The fourth-order valence-electron chi connectivity index (χ4n) is 4.93. The number of aromatic amines is 1. The number of ether oxygens (including phenoxy) is 1. The lowest BCUT2D eigenvalue weighted by Crippen LogP contribution is -2.48. The van der Waals surface area contributed by atoms with Crippen LogP contribution in [0.25, 0.3) is 0 Å². The number of anilines is 3. The number of hydrogen-bond donors (Lipinski definition) is 2. The fraction of sp³-hybridized carbons (Fsp3) is 0.406. The molecule has 11 nitrogen and oxygen atoms in total. The standard InChI is InChI=1S/C32H42N8O3S2/c1-23(2)43-29-30(33-28-21-24(3)36-37-28)34-32(35-31(29)40-19-17-39(18-20-40)16-15-38(4)5)44-26-11-13-27(14-12-26)45(41,42)22-25-9-7-6-8-10-25/h6-14,21,23H,15-20,22H2,1-5H3,(H2,33,34,35,36,37). The van der Waals surface area contributed by atoms with Crippen LogP contribution in [0.15, 0.2) is 75.6 Å². The van der Waals surface area contributed by atoms with Gasteiger partial charge in [0, 0.05) is 55.9 Å². The van der Waals surface area contributed by atoms with Crippen molar-refractivity contribution in [3.8, 4) is 5.75 Å². The van der Waals surface area contributed by atoms with Gasteiger partial charge < -0.3 is 19.9 Å². The minimum absolute atomic E-state index is 0.0474. The number of hydrogen-bond acceptors (Lipinski definition) is 11. The number of nitrogens with zero attached hydrogens (tertiary/aromatic N) is 6. The van der Waals surface area contributed by atoms with E-state index in [1.165, 1.54) is 11.8 Å². The predicted molar refractivity (Wildman–Crippen MR) is 180 cm³/mol. The van der Waals surface area contributed by atoms with Crippen molar-refractivity contribution in [2.24, 2.45) is 0 Å². The Hall–Kier alpha value is -3.65. The molecule has 0 unspecified atom stereocenters. The Morgan fingerprint density at radius 1 is 1.02 bits per heavy atom. The quantitative estimate of drug-likeness (QED) is 0.193. The van der Waals surface area contributed by atoms with Crippen molar-refractivity contribution in [2.75, 3.05) is 63.6 Å². The van der Waals surface area contributed by atoms with E-state index < -0.39 is 9.84 Å². The molecule has 13 heteroatoms. The molecule has 0 radical (unpaired) electrons. The topological polar surface area (TPSA) is 120 Å². The van der Waals surface area contributed by atoms with Crippen LogP contribution >= 0.6 is 11.8 Å². The van der Waals surface area contributed by atoms with Crippen molar-refractivity contribution >= 4 is 39.1 Å². The summed E-state index contributed by atoms with van der Waals surface area (Å²) in [6.45, 7) is 11.4. The number of aromatic nitrogens is 4. The highest BCUT2D eigenvalue weighted by molar-refractivity contribution is 7.99. The van der Waals surface area contributed by atoms with E-state index in [0.29, 0.717) is 22.5 Å². The zero-order valence-electron chi connectivity index (χ0n) is 26.5. The van der Waals surface area contributed by atoms with Gasteiger partial charge in [0.05, 0.1) is 16.8 Å². The zero-order chi connectivity index (χ0) is 32.0. The third kappa shape index (κ3) is 8.97. The number of likely N-dealkylation sites (N-methyl/N-ethyl adjacent to an activating group) is 1. The molecule has 4 aromatic rings. The lowest BCUT2D eigenvalue weighted by atomic mass is 10.2. The van der Waals surface area contributed by atoms with Crippen molar-refractivity contribution in [1.29, 1.82) is 0 Å². The molecule has 1 aliphatic rings. The van der Waals surface area contributed by atoms with Crippen LogP contribution in [0.3, 0.4) is 0 Å². The van der Waals surface area contributed by atoms with Crippen molar-refractivity contribution < 1.29 is 13.2 Å². The summed E-state index contributed by atoms with van der Waals surface area (Å²) in [5.74, 6) is 2.42. The van der Waals surface area contributed by atoms with Gasteiger partial charge in [0.2, 0.25) is 5.75 Å². The van der Waals surface area contributed by atoms with Gasteiger partial charge in [-0.25, -0.2) is 18.4 Å². The number of H-pyrrole nitrogens is 1. The molecule has 0 aliphatic carbocycles. The van der Waals surface area contributed by atoms with Crippen LogP contribution in [0, 0.1) is 6.92 Å². The molecule has 1 fully saturated rings. The van der Waals surface area contributed by atoms with Crippen molar-refractivity contribution in [2.45, 2.75) is 47.6 Å². The molecule has 0 amide bonds. The molecule has 3 heterocycles. The molecule has 240 valence electrons. The SMILES string of the molecule is Cc1cc(Nc2nc(Sc3ccc(S(=O)(=O)Cc4ccccc4)cc3)nc(N3CCN(CCN(C)C)CC3)c2OC(C)C)n[nH]1. The van der Waals surface area contributed by atoms with E-state index in [4.69, 9.17) is 14.7 Å². The van der Waals surface area contributed by atoms with Crippen molar-refractivity contribution in [1.82, 2.24) is 30.0 Å². The molecular formula is C32H42N8O3S2. The molecule has 5 rings (SSSR count). The van der Waals surface area contributed by atoms with E-state index in [2.05, 4.69) is 44.3 Å². The van der Waals surface area contributed by atoms with Crippen molar-refractivity contribution in [3.63, 3.8) is 0 Å². The third-order valence-electron chi connectivity index (χ3n) is 7.26. The highest BCUT2D eigenvalue weighted by Crippen LogP contribution is 2.39. The molecule has 2 aromatic carbocycles. The van der Waals surface area contributed by atoms with E-state index >= 15 is 0 Å². The first kappa shape index (κ1) is 32.7. The third-order valence-corrected chi connectivity index (χ3v) is 9.84. The minimum atomic E-state index is -3.48. The number of sulfone groups is 1. The fourth-order valence-corrected chi connectivity index (χ4v) is 7.03. The second-order valence-electron chi connectivity index (χ2n) is 11.7. The highest BCUT2D eigenvalue weighted by atomic mass is 32.2. The van der Waals surface area contributed by atoms with Gasteiger partial charge in [-0.15, -0.1) is 0 Å². The van der Waals surface area contributed by atoms with Gasteiger partial charge in [-0.1, -0.05) is 30.3 Å². The smallest absolute Gasteiger partial charge is 0.205 e. The van der Waals surface area contributed by atoms with Gasteiger partial charge in [0.15, 0.2) is 32.4 Å².